The molecule has 0 aliphatic heterocycles. The Morgan fingerprint density at radius 3 is 3.00 bits per heavy atom. The van der Waals surface area contributed by atoms with Gasteiger partial charge >= 0.3 is 0 Å². The van der Waals surface area contributed by atoms with Crippen molar-refractivity contribution >= 4 is 15.9 Å². The lowest BCUT2D eigenvalue weighted by Gasteiger charge is -2.15. The molecule has 1 unspecified atom stereocenters. The first-order chi connectivity index (χ1) is 8.65. The van der Waals surface area contributed by atoms with Gasteiger partial charge in [0.05, 0.1) is 6.10 Å². The molecule has 18 heavy (non-hydrogen) atoms. The van der Waals surface area contributed by atoms with Gasteiger partial charge in [-0.15, -0.1) is 0 Å². The molecule has 1 saturated carbocycles. The zero-order chi connectivity index (χ0) is 13.0. The van der Waals surface area contributed by atoms with Crippen LogP contribution in [-0.4, -0.2) is 18.7 Å². The van der Waals surface area contributed by atoms with Crippen LogP contribution in [0.2, 0.25) is 0 Å². The van der Waals surface area contributed by atoms with Gasteiger partial charge in [0.15, 0.2) is 11.6 Å². The zero-order valence-electron chi connectivity index (χ0n) is 10.6. The number of hydrogen-bond acceptors (Lipinski definition) is 2. The Hall–Kier alpha value is -0.610. The van der Waals surface area contributed by atoms with Crippen molar-refractivity contribution in [1.82, 2.24) is 5.32 Å². The van der Waals surface area contributed by atoms with E-state index in [0.29, 0.717) is 5.75 Å². The molecule has 1 aliphatic rings. The summed E-state index contributed by atoms with van der Waals surface area (Å²) in [5.74, 6) is 0.0215. The van der Waals surface area contributed by atoms with Crippen molar-refractivity contribution in [2.24, 2.45) is 0 Å². The van der Waals surface area contributed by atoms with E-state index in [1.165, 1.54) is 18.9 Å². The first-order valence-electron chi connectivity index (χ1n) is 6.50. The molecule has 1 aromatic carbocycles. The largest absolute Gasteiger partial charge is 0.488 e. The fourth-order valence-electron chi connectivity index (χ4n) is 1.83. The highest BCUT2D eigenvalue weighted by molar-refractivity contribution is 9.10. The summed E-state index contributed by atoms with van der Waals surface area (Å²) in [7, 11) is 0. The molecule has 0 heterocycles. The van der Waals surface area contributed by atoms with Crippen LogP contribution >= 0.6 is 15.9 Å². The maximum atomic E-state index is 13.5. The van der Waals surface area contributed by atoms with Gasteiger partial charge in [0, 0.05) is 10.5 Å². The van der Waals surface area contributed by atoms with Crippen LogP contribution < -0.4 is 10.1 Å². The van der Waals surface area contributed by atoms with Gasteiger partial charge in [0.2, 0.25) is 0 Å². The average molecular weight is 316 g/mol. The van der Waals surface area contributed by atoms with E-state index < -0.39 is 0 Å². The summed E-state index contributed by atoms with van der Waals surface area (Å²) < 4.78 is 19.9. The summed E-state index contributed by atoms with van der Waals surface area (Å²) in [5, 5.41) is 3.46. The lowest BCUT2D eigenvalue weighted by atomic mass is 10.2. The number of rotatable bonds is 7. The number of benzene rings is 1. The number of halogens is 2. The molecular formula is C14H19BrFNO. The summed E-state index contributed by atoms with van der Waals surface area (Å²) in [4.78, 5) is 0. The highest BCUT2D eigenvalue weighted by Crippen LogP contribution is 2.24. The van der Waals surface area contributed by atoms with Gasteiger partial charge in [0.1, 0.15) is 0 Å². The van der Waals surface area contributed by atoms with Crippen LogP contribution in [0, 0.1) is 5.82 Å². The van der Waals surface area contributed by atoms with E-state index in [1.54, 1.807) is 12.1 Å². The Labute approximate surface area is 116 Å². The second-order valence-corrected chi connectivity index (χ2v) is 5.79. The minimum absolute atomic E-state index is 0.0369. The summed E-state index contributed by atoms with van der Waals surface area (Å²) in [5.41, 5.74) is 0. The first-order valence-corrected chi connectivity index (χ1v) is 7.29. The van der Waals surface area contributed by atoms with Crippen molar-refractivity contribution in [3.05, 3.63) is 28.5 Å². The molecule has 1 aliphatic carbocycles. The van der Waals surface area contributed by atoms with E-state index in [1.807, 2.05) is 6.92 Å². The second kappa shape index (κ2) is 6.53. The molecule has 2 nitrogen and oxygen atoms in total. The van der Waals surface area contributed by atoms with Gasteiger partial charge in [-0.2, -0.15) is 0 Å². The van der Waals surface area contributed by atoms with Gasteiger partial charge in [-0.25, -0.2) is 4.39 Å². The van der Waals surface area contributed by atoms with Crippen LogP contribution in [0.5, 0.6) is 5.75 Å². The molecule has 1 aromatic rings. The van der Waals surface area contributed by atoms with E-state index in [4.69, 9.17) is 4.74 Å². The minimum Gasteiger partial charge on any atom is -0.488 e. The maximum absolute atomic E-state index is 13.5. The molecule has 1 N–H and O–H groups in total. The van der Waals surface area contributed by atoms with Crippen molar-refractivity contribution in [2.75, 3.05) is 6.54 Å². The SMILES string of the molecule is CC(CCCNC1CC1)Oc1cc(Br)ccc1F. The van der Waals surface area contributed by atoms with Crippen molar-refractivity contribution in [3.8, 4) is 5.75 Å². The quantitative estimate of drug-likeness (QED) is 0.771. The molecule has 2 rings (SSSR count). The number of nitrogens with one attached hydrogen (secondary N) is 1. The maximum Gasteiger partial charge on any atom is 0.165 e. The first kappa shape index (κ1) is 13.8. The Morgan fingerprint density at radius 2 is 2.28 bits per heavy atom. The van der Waals surface area contributed by atoms with Gasteiger partial charge in [-0.3, -0.25) is 0 Å². The van der Waals surface area contributed by atoms with E-state index in [-0.39, 0.29) is 11.9 Å². The fourth-order valence-corrected chi connectivity index (χ4v) is 2.17. The normalized spacial score (nSPS) is 16.6. The molecule has 0 spiro atoms. The molecule has 4 heteroatoms. The van der Waals surface area contributed by atoms with Crippen LogP contribution in [0.3, 0.4) is 0 Å². The summed E-state index contributed by atoms with van der Waals surface area (Å²) in [6.45, 7) is 3.01. The van der Waals surface area contributed by atoms with Crippen LogP contribution in [-0.2, 0) is 0 Å². The lowest BCUT2D eigenvalue weighted by Crippen LogP contribution is -2.20. The van der Waals surface area contributed by atoms with Crippen LogP contribution in [0.1, 0.15) is 32.6 Å². The molecule has 100 valence electrons. The molecule has 0 amide bonds. The molecule has 0 aromatic heterocycles. The molecule has 0 bridgehead atoms. The minimum atomic E-state index is -0.304. The highest BCUT2D eigenvalue weighted by atomic mass is 79.9. The molecule has 1 fully saturated rings. The summed E-state index contributed by atoms with van der Waals surface area (Å²) >= 11 is 3.32. The summed E-state index contributed by atoms with van der Waals surface area (Å²) in [6, 6.07) is 5.52. The Kier molecular flexibility index (Phi) is 5.01. The predicted octanol–water partition coefficient (Wildman–Crippen LogP) is 3.89. The van der Waals surface area contributed by atoms with E-state index in [0.717, 1.165) is 29.9 Å². The Morgan fingerprint density at radius 1 is 1.50 bits per heavy atom. The van der Waals surface area contributed by atoms with Gasteiger partial charge in [-0.1, -0.05) is 15.9 Å². The zero-order valence-corrected chi connectivity index (χ0v) is 12.2. The van der Waals surface area contributed by atoms with Crippen LogP contribution in [0.25, 0.3) is 0 Å². The highest BCUT2D eigenvalue weighted by Gasteiger charge is 2.19. The van der Waals surface area contributed by atoms with E-state index in [9.17, 15) is 4.39 Å². The average Bonchev–Trinajstić information content (AvgIpc) is 3.13. The van der Waals surface area contributed by atoms with E-state index in [2.05, 4.69) is 21.2 Å². The van der Waals surface area contributed by atoms with E-state index >= 15 is 0 Å². The third-order valence-electron chi connectivity index (χ3n) is 3.02. The van der Waals surface area contributed by atoms with Crippen molar-refractivity contribution in [2.45, 2.75) is 44.8 Å². The fraction of sp³-hybridized carbons (Fsp3) is 0.571. The Bertz CT molecular complexity index is 395. The molecule has 1 atom stereocenters. The molecular weight excluding hydrogens is 297 g/mol. The second-order valence-electron chi connectivity index (χ2n) is 4.87. The standard InChI is InChI=1S/C14H19BrFNO/c1-10(3-2-8-17-12-5-6-12)18-14-9-11(15)4-7-13(14)16/h4,7,9-10,12,17H,2-3,5-6,8H2,1H3. The van der Waals surface area contributed by atoms with Crippen molar-refractivity contribution in [1.29, 1.82) is 0 Å². The van der Waals surface area contributed by atoms with Crippen molar-refractivity contribution in [3.63, 3.8) is 0 Å². The molecule has 0 radical (unpaired) electrons. The topological polar surface area (TPSA) is 21.3 Å². The smallest absolute Gasteiger partial charge is 0.165 e. The summed E-state index contributed by atoms with van der Waals surface area (Å²) in [6.07, 6.45) is 4.67. The van der Waals surface area contributed by atoms with Crippen LogP contribution in [0.15, 0.2) is 22.7 Å². The number of hydrogen-bond donors (Lipinski definition) is 1. The van der Waals surface area contributed by atoms with Crippen LogP contribution in [0.4, 0.5) is 4.39 Å². The van der Waals surface area contributed by atoms with Gasteiger partial charge in [0.25, 0.3) is 0 Å². The lowest BCUT2D eigenvalue weighted by molar-refractivity contribution is 0.198. The molecule has 0 saturated heterocycles. The number of ether oxygens (including phenoxy) is 1. The van der Waals surface area contributed by atoms with Crippen molar-refractivity contribution < 1.29 is 9.13 Å². The monoisotopic (exact) mass is 315 g/mol. The third kappa shape index (κ3) is 4.58. The third-order valence-corrected chi connectivity index (χ3v) is 3.51. The predicted molar refractivity (Wildman–Crippen MR) is 74.4 cm³/mol. The van der Waals surface area contributed by atoms with Gasteiger partial charge < -0.3 is 10.1 Å². The van der Waals surface area contributed by atoms with Gasteiger partial charge in [-0.05, 0) is 57.4 Å². The Balaban J connectivity index is 1.71.